The molecule has 0 atom stereocenters. The van der Waals surface area contributed by atoms with Gasteiger partial charge in [0.05, 0.1) is 12.2 Å². The predicted octanol–water partition coefficient (Wildman–Crippen LogP) is 1.36. The molecule has 88 valence electrons. The van der Waals surface area contributed by atoms with Gasteiger partial charge in [-0.25, -0.2) is 4.99 Å². The minimum absolute atomic E-state index is 0.0789. The topological polar surface area (TPSA) is 83.3 Å². The van der Waals surface area contributed by atoms with Crippen molar-refractivity contribution < 1.29 is 0 Å². The van der Waals surface area contributed by atoms with E-state index in [1.165, 1.54) is 0 Å². The van der Waals surface area contributed by atoms with Crippen LogP contribution in [0.3, 0.4) is 0 Å². The third-order valence-corrected chi connectivity index (χ3v) is 2.76. The van der Waals surface area contributed by atoms with Crippen molar-refractivity contribution in [3.8, 4) is 0 Å². The van der Waals surface area contributed by atoms with Gasteiger partial charge in [-0.15, -0.1) is 0 Å². The smallest absolute Gasteiger partial charge is 0.304 e. The Morgan fingerprint density at radius 1 is 1.41 bits per heavy atom. The number of thiazole rings is 1. The normalized spacial score (nSPS) is 11.4. The van der Waals surface area contributed by atoms with E-state index in [0.29, 0.717) is 12.5 Å². The van der Waals surface area contributed by atoms with Crippen LogP contribution in [0, 0.1) is 0 Å². The Bertz CT molecular complexity index is 558. The van der Waals surface area contributed by atoms with Crippen LogP contribution >= 0.6 is 11.3 Å². The average molecular weight is 248 g/mol. The standard InChI is InChI=1S/C11H12N4OS/c12-10(14-8-4-2-1-3-5-8)13-6-9-7-17-11(16)15-9/h1-5,7H,6H2,(H,15,16)(H3,12,13,14). The van der Waals surface area contributed by atoms with Crippen LogP contribution < -0.4 is 15.9 Å². The third kappa shape index (κ3) is 3.46. The molecule has 0 saturated carbocycles. The lowest BCUT2D eigenvalue weighted by Crippen LogP contribution is -2.22. The van der Waals surface area contributed by atoms with Crippen LogP contribution in [0.25, 0.3) is 0 Å². The highest BCUT2D eigenvalue weighted by Gasteiger charge is 1.96. The van der Waals surface area contributed by atoms with Crippen LogP contribution in [-0.4, -0.2) is 10.9 Å². The lowest BCUT2D eigenvalue weighted by Gasteiger charge is -2.04. The number of nitrogens with one attached hydrogen (secondary N) is 2. The Hall–Kier alpha value is -2.08. The van der Waals surface area contributed by atoms with Crippen molar-refractivity contribution in [2.45, 2.75) is 6.54 Å². The second-order valence-electron chi connectivity index (χ2n) is 3.37. The number of para-hydroxylation sites is 1. The zero-order chi connectivity index (χ0) is 12.1. The summed E-state index contributed by atoms with van der Waals surface area (Å²) in [5.41, 5.74) is 7.35. The molecule has 6 heteroatoms. The molecule has 17 heavy (non-hydrogen) atoms. The molecule has 2 aromatic rings. The molecule has 0 aliphatic rings. The average Bonchev–Trinajstić information content (AvgIpc) is 2.74. The first-order valence-corrected chi connectivity index (χ1v) is 5.91. The predicted molar refractivity (Wildman–Crippen MR) is 70.3 cm³/mol. The number of H-pyrrole nitrogens is 1. The van der Waals surface area contributed by atoms with Crippen molar-refractivity contribution in [3.63, 3.8) is 0 Å². The number of benzene rings is 1. The molecule has 4 N–H and O–H groups in total. The summed E-state index contributed by atoms with van der Waals surface area (Å²) in [6.07, 6.45) is 0. The van der Waals surface area contributed by atoms with Crippen molar-refractivity contribution >= 4 is 23.0 Å². The molecule has 0 aliphatic heterocycles. The van der Waals surface area contributed by atoms with Gasteiger partial charge in [-0.05, 0) is 12.1 Å². The van der Waals surface area contributed by atoms with Gasteiger partial charge in [-0.3, -0.25) is 4.79 Å². The Kier molecular flexibility index (Phi) is 3.56. The maximum Gasteiger partial charge on any atom is 0.304 e. The fourth-order valence-electron chi connectivity index (χ4n) is 1.27. The Morgan fingerprint density at radius 3 is 2.82 bits per heavy atom. The number of hydrogen-bond donors (Lipinski definition) is 3. The second-order valence-corrected chi connectivity index (χ2v) is 4.21. The molecule has 0 radical (unpaired) electrons. The van der Waals surface area contributed by atoms with Crippen molar-refractivity contribution in [1.82, 2.24) is 4.98 Å². The summed E-state index contributed by atoms with van der Waals surface area (Å²) in [4.78, 5) is 17.6. The minimum atomic E-state index is -0.0789. The van der Waals surface area contributed by atoms with Gasteiger partial charge in [0.1, 0.15) is 0 Å². The van der Waals surface area contributed by atoms with Gasteiger partial charge < -0.3 is 16.0 Å². The molecular weight excluding hydrogens is 236 g/mol. The highest BCUT2D eigenvalue weighted by molar-refractivity contribution is 7.07. The zero-order valence-electron chi connectivity index (χ0n) is 9.01. The molecule has 1 aromatic heterocycles. The van der Waals surface area contributed by atoms with E-state index < -0.39 is 0 Å². The number of guanidine groups is 1. The van der Waals surface area contributed by atoms with Crippen LogP contribution in [-0.2, 0) is 6.54 Å². The maximum absolute atomic E-state index is 10.9. The van der Waals surface area contributed by atoms with Crippen LogP contribution in [0.2, 0.25) is 0 Å². The molecule has 1 aromatic carbocycles. The molecule has 0 bridgehead atoms. The van der Waals surface area contributed by atoms with Gasteiger partial charge in [-0.1, -0.05) is 29.5 Å². The van der Waals surface area contributed by atoms with E-state index in [0.717, 1.165) is 22.7 Å². The molecule has 0 spiro atoms. The summed E-state index contributed by atoms with van der Waals surface area (Å²) < 4.78 is 0. The van der Waals surface area contributed by atoms with E-state index in [2.05, 4.69) is 15.3 Å². The summed E-state index contributed by atoms with van der Waals surface area (Å²) in [5, 5.41) is 4.70. The minimum Gasteiger partial charge on any atom is -0.370 e. The third-order valence-electron chi connectivity index (χ3n) is 2.04. The summed E-state index contributed by atoms with van der Waals surface area (Å²) in [6, 6.07) is 9.54. The quantitative estimate of drug-likeness (QED) is 0.566. The summed E-state index contributed by atoms with van der Waals surface area (Å²) in [5.74, 6) is 0.322. The number of nitrogens with zero attached hydrogens (tertiary/aromatic N) is 1. The Labute approximate surface area is 102 Å². The van der Waals surface area contributed by atoms with Crippen LogP contribution in [0.4, 0.5) is 5.69 Å². The largest absolute Gasteiger partial charge is 0.370 e. The fraction of sp³-hybridized carbons (Fsp3) is 0.0909. The summed E-state index contributed by atoms with van der Waals surface area (Å²) in [7, 11) is 0. The van der Waals surface area contributed by atoms with Crippen molar-refractivity contribution in [1.29, 1.82) is 0 Å². The molecule has 1 heterocycles. The van der Waals surface area contributed by atoms with Gasteiger partial charge in [0, 0.05) is 11.1 Å². The second kappa shape index (κ2) is 5.31. The lowest BCUT2D eigenvalue weighted by atomic mass is 10.3. The molecule has 0 fully saturated rings. The number of aromatic nitrogens is 1. The van der Waals surface area contributed by atoms with E-state index in [9.17, 15) is 4.79 Å². The van der Waals surface area contributed by atoms with E-state index in [1.807, 2.05) is 30.3 Å². The number of anilines is 1. The van der Waals surface area contributed by atoms with Crippen molar-refractivity contribution in [2.24, 2.45) is 10.7 Å². The molecule has 0 aliphatic carbocycles. The van der Waals surface area contributed by atoms with E-state index in [-0.39, 0.29) is 4.87 Å². The summed E-state index contributed by atoms with van der Waals surface area (Å²) in [6.45, 7) is 0.365. The molecule has 0 saturated heterocycles. The summed E-state index contributed by atoms with van der Waals surface area (Å²) >= 11 is 1.12. The monoisotopic (exact) mass is 248 g/mol. The van der Waals surface area contributed by atoms with Crippen LogP contribution in [0.5, 0.6) is 0 Å². The van der Waals surface area contributed by atoms with Crippen molar-refractivity contribution in [3.05, 3.63) is 51.1 Å². The van der Waals surface area contributed by atoms with E-state index >= 15 is 0 Å². The first-order chi connectivity index (χ1) is 8.24. The number of nitrogens with two attached hydrogens (primary N) is 1. The number of aromatic amines is 1. The first kappa shape index (κ1) is 11.4. The van der Waals surface area contributed by atoms with Gasteiger partial charge in [0.25, 0.3) is 0 Å². The fourth-order valence-corrected chi connectivity index (χ4v) is 1.84. The number of rotatable bonds is 3. The number of aliphatic imine (C=N–C) groups is 1. The Balaban J connectivity index is 1.96. The van der Waals surface area contributed by atoms with Gasteiger partial charge in [0.2, 0.25) is 0 Å². The molecule has 0 amide bonds. The van der Waals surface area contributed by atoms with E-state index in [1.54, 1.807) is 5.38 Å². The molecule has 0 unspecified atom stereocenters. The molecule has 5 nitrogen and oxygen atoms in total. The highest BCUT2D eigenvalue weighted by atomic mass is 32.1. The SMILES string of the molecule is NC(=NCc1csc(=O)[nH]1)Nc1ccccc1. The van der Waals surface area contributed by atoms with Gasteiger partial charge in [0.15, 0.2) is 5.96 Å². The first-order valence-electron chi connectivity index (χ1n) is 5.03. The van der Waals surface area contributed by atoms with E-state index in [4.69, 9.17) is 5.73 Å². The number of hydrogen-bond acceptors (Lipinski definition) is 3. The van der Waals surface area contributed by atoms with Gasteiger partial charge in [-0.2, -0.15) is 0 Å². The lowest BCUT2D eigenvalue weighted by molar-refractivity contribution is 0.995. The maximum atomic E-state index is 10.9. The molecule has 2 rings (SSSR count). The van der Waals surface area contributed by atoms with Crippen LogP contribution in [0.1, 0.15) is 5.69 Å². The van der Waals surface area contributed by atoms with Crippen molar-refractivity contribution in [2.75, 3.05) is 5.32 Å². The zero-order valence-corrected chi connectivity index (χ0v) is 9.83. The Morgan fingerprint density at radius 2 is 2.18 bits per heavy atom. The van der Waals surface area contributed by atoms with Gasteiger partial charge >= 0.3 is 4.87 Å². The van der Waals surface area contributed by atoms with Crippen LogP contribution in [0.15, 0.2) is 45.5 Å². The highest BCUT2D eigenvalue weighted by Crippen LogP contribution is 2.04. The molecular formula is C11H12N4OS.